The molecule has 2 heterocycles. The quantitative estimate of drug-likeness (QED) is 0.267. The van der Waals surface area contributed by atoms with Gasteiger partial charge in [-0.25, -0.2) is 18.1 Å². The van der Waals surface area contributed by atoms with Crippen molar-refractivity contribution in [1.29, 1.82) is 0 Å². The number of sulfonamides is 1. The molecule has 3 rings (SSSR count). The van der Waals surface area contributed by atoms with Gasteiger partial charge in [0.25, 0.3) is 5.91 Å². The Morgan fingerprint density at radius 2 is 1.87 bits per heavy atom. The highest BCUT2D eigenvalue weighted by Gasteiger charge is 2.23. The van der Waals surface area contributed by atoms with Crippen LogP contribution in [0.25, 0.3) is 0 Å². The van der Waals surface area contributed by atoms with Crippen LogP contribution in [0, 0.1) is 13.8 Å². The Morgan fingerprint density at radius 1 is 1.16 bits per heavy atom. The summed E-state index contributed by atoms with van der Waals surface area (Å²) in [6, 6.07) is 9.32. The summed E-state index contributed by atoms with van der Waals surface area (Å²) >= 11 is 0. The van der Waals surface area contributed by atoms with Crippen LogP contribution in [0.4, 0.5) is 0 Å². The Morgan fingerprint density at radius 3 is 2.50 bits per heavy atom. The summed E-state index contributed by atoms with van der Waals surface area (Å²) in [5, 5.41) is 14.2. The number of nitrogens with zero attached hydrogens (tertiary/aromatic N) is 5. The Kier molecular flexibility index (Phi) is 10.6. The summed E-state index contributed by atoms with van der Waals surface area (Å²) in [5.41, 5.74) is 3.05. The lowest BCUT2D eigenvalue weighted by Crippen LogP contribution is -2.33. The van der Waals surface area contributed by atoms with E-state index in [1.807, 2.05) is 37.3 Å². The van der Waals surface area contributed by atoms with Crippen LogP contribution in [0.5, 0.6) is 0 Å². The minimum atomic E-state index is -3.55. The van der Waals surface area contributed by atoms with Crippen LogP contribution in [-0.4, -0.2) is 69.6 Å². The van der Waals surface area contributed by atoms with E-state index in [9.17, 15) is 13.2 Å². The minimum absolute atomic E-state index is 0.0339. The maximum atomic E-state index is 13.0. The predicted octanol–water partition coefficient (Wildman–Crippen LogP) is 2.41. The second-order valence-electron chi connectivity index (χ2n) is 9.38. The molecular weight excluding hydrogens is 504 g/mol. The number of carbonyl (C=O) groups is 1. The Bertz CT molecular complexity index is 1280. The van der Waals surface area contributed by atoms with Crippen LogP contribution >= 0.6 is 0 Å². The standard InChI is InChI=1S/C26H40N8O3S/c1-6-34(7-2)16-11-17-38(36,37)32-22(15-14-21-12-9-8-10-13-21)25-28-23(29-30-25)18-27-26(35)24-19(3)31-33(5)20(24)4/h8-10,12-13,22,32H,6-7,11,14-18H2,1-5H3,(H,27,35)(H,28,29,30)/t22-/m1/s1. The van der Waals surface area contributed by atoms with Crippen LogP contribution in [0.1, 0.15) is 71.7 Å². The number of H-pyrrole nitrogens is 1. The van der Waals surface area contributed by atoms with E-state index in [0.717, 1.165) is 30.9 Å². The highest BCUT2D eigenvalue weighted by Crippen LogP contribution is 2.18. The predicted molar refractivity (Wildman–Crippen MR) is 147 cm³/mol. The molecule has 38 heavy (non-hydrogen) atoms. The van der Waals surface area contributed by atoms with Gasteiger partial charge in [-0.1, -0.05) is 44.2 Å². The molecule has 0 saturated heterocycles. The third-order valence-electron chi connectivity index (χ3n) is 6.69. The molecule has 1 aromatic carbocycles. The van der Waals surface area contributed by atoms with Crippen molar-refractivity contribution < 1.29 is 13.2 Å². The lowest BCUT2D eigenvalue weighted by molar-refractivity contribution is 0.0948. The monoisotopic (exact) mass is 544 g/mol. The molecule has 3 N–H and O–H groups in total. The number of rotatable bonds is 15. The smallest absolute Gasteiger partial charge is 0.255 e. The van der Waals surface area contributed by atoms with Crippen molar-refractivity contribution in [2.24, 2.45) is 7.05 Å². The van der Waals surface area contributed by atoms with Crippen molar-refractivity contribution in [3.05, 3.63) is 64.5 Å². The first-order valence-corrected chi connectivity index (χ1v) is 14.7. The first-order chi connectivity index (χ1) is 18.1. The van der Waals surface area contributed by atoms with Crippen LogP contribution in [0.2, 0.25) is 0 Å². The fourth-order valence-electron chi connectivity index (χ4n) is 4.40. The summed E-state index contributed by atoms with van der Waals surface area (Å²) in [5.74, 6) is 0.574. The van der Waals surface area contributed by atoms with Gasteiger partial charge in [0.15, 0.2) is 5.82 Å². The molecule has 0 aliphatic carbocycles. The average molecular weight is 545 g/mol. The Balaban J connectivity index is 1.68. The molecule has 2 aromatic heterocycles. The lowest BCUT2D eigenvalue weighted by atomic mass is 10.1. The van der Waals surface area contributed by atoms with Crippen molar-refractivity contribution in [3.8, 4) is 0 Å². The molecular formula is C26H40N8O3S. The molecule has 12 heteroatoms. The molecule has 0 fully saturated rings. The van der Waals surface area contributed by atoms with E-state index in [2.05, 4.69) is 49.1 Å². The second kappa shape index (κ2) is 13.6. The number of carbonyl (C=O) groups excluding carboxylic acids is 1. The molecule has 0 spiro atoms. The van der Waals surface area contributed by atoms with Gasteiger partial charge in [0, 0.05) is 12.7 Å². The third-order valence-corrected chi connectivity index (χ3v) is 8.16. The zero-order valence-corrected chi connectivity index (χ0v) is 23.8. The van der Waals surface area contributed by atoms with Crippen molar-refractivity contribution in [3.63, 3.8) is 0 Å². The van der Waals surface area contributed by atoms with Gasteiger partial charge in [-0.3, -0.25) is 14.6 Å². The SMILES string of the molecule is CCN(CC)CCCS(=O)(=O)N[C@H](CCc1ccccc1)c1nc(CNC(=O)c2c(C)nn(C)c2C)n[nH]1. The fourth-order valence-corrected chi connectivity index (χ4v) is 5.69. The first kappa shape index (κ1) is 29.5. The summed E-state index contributed by atoms with van der Waals surface area (Å²) < 4.78 is 30.4. The maximum Gasteiger partial charge on any atom is 0.255 e. The van der Waals surface area contributed by atoms with Gasteiger partial charge < -0.3 is 10.2 Å². The summed E-state index contributed by atoms with van der Waals surface area (Å²) in [7, 11) is -1.76. The highest BCUT2D eigenvalue weighted by atomic mass is 32.2. The fraction of sp³-hybridized carbons (Fsp3) is 0.538. The molecule has 0 bridgehead atoms. The number of aromatic amines is 1. The van der Waals surface area contributed by atoms with Gasteiger partial charge in [-0.05, 0) is 58.3 Å². The van der Waals surface area contributed by atoms with Gasteiger partial charge in [-0.15, -0.1) is 0 Å². The molecule has 3 aromatic rings. The molecule has 0 aliphatic rings. The number of hydrogen-bond donors (Lipinski definition) is 3. The van der Waals surface area contributed by atoms with Gasteiger partial charge in [-0.2, -0.15) is 10.2 Å². The molecule has 1 atom stereocenters. The normalized spacial score (nSPS) is 12.7. The molecule has 11 nitrogen and oxygen atoms in total. The van der Waals surface area contributed by atoms with Crippen molar-refractivity contribution in [1.82, 2.24) is 39.9 Å². The number of benzene rings is 1. The number of amides is 1. The van der Waals surface area contributed by atoms with Crippen molar-refractivity contribution >= 4 is 15.9 Å². The van der Waals surface area contributed by atoms with E-state index in [1.165, 1.54) is 0 Å². The van der Waals surface area contributed by atoms with E-state index in [1.54, 1.807) is 18.7 Å². The van der Waals surface area contributed by atoms with Gasteiger partial charge in [0.05, 0.1) is 29.6 Å². The van der Waals surface area contributed by atoms with Crippen LogP contribution in [-0.2, 0) is 30.0 Å². The summed E-state index contributed by atoms with van der Waals surface area (Å²) in [4.78, 5) is 19.4. The lowest BCUT2D eigenvalue weighted by Gasteiger charge is -2.19. The van der Waals surface area contributed by atoms with E-state index < -0.39 is 16.1 Å². The third kappa shape index (κ3) is 8.20. The Labute approximate surface area is 225 Å². The largest absolute Gasteiger partial charge is 0.345 e. The average Bonchev–Trinajstić information content (AvgIpc) is 3.47. The van der Waals surface area contributed by atoms with Gasteiger partial charge in [0.2, 0.25) is 10.0 Å². The molecule has 0 saturated carbocycles. The zero-order chi connectivity index (χ0) is 27.7. The van der Waals surface area contributed by atoms with E-state index in [-0.39, 0.29) is 18.2 Å². The number of aryl methyl sites for hydroxylation is 3. The molecule has 1 amide bonds. The van der Waals surface area contributed by atoms with E-state index in [0.29, 0.717) is 42.2 Å². The van der Waals surface area contributed by atoms with Crippen LogP contribution in [0.15, 0.2) is 30.3 Å². The van der Waals surface area contributed by atoms with Gasteiger partial charge in [0.1, 0.15) is 5.82 Å². The number of nitrogens with one attached hydrogen (secondary N) is 3. The summed E-state index contributed by atoms with van der Waals surface area (Å²) in [6.07, 6.45) is 1.72. The molecule has 0 aliphatic heterocycles. The van der Waals surface area contributed by atoms with Crippen molar-refractivity contribution in [2.45, 2.75) is 59.5 Å². The highest BCUT2D eigenvalue weighted by molar-refractivity contribution is 7.89. The van der Waals surface area contributed by atoms with Crippen LogP contribution < -0.4 is 10.0 Å². The molecule has 208 valence electrons. The van der Waals surface area contributed by atoms with Crippen molar-refractivity contribution in [2.75, 3.05) is 25.4 Å². The maximum absolute atomic E-state index is 13.0. The minimum Gasteiger partial charge on any atom is -0.345 e. The number of hydrogen-bond acceptors (Lipinski definition) is 7. The topological polar surface area (TPSA) is 138 Å². The first-order valence-electron chi connectivity index (χ1n) is 13.1. The van der Waals surface area contributed by atoms with E-state index in [4.69, 9.17) is 0 Å². The Hall–Kier alpha value is -3.09. The summed E-state index contributed by atoms with van der Waals surface area (Å²) in [6.45, 7) is 10.4. The van der Waals surface area contributed by atoms with Crippen LogP contribution in [0.3, 0.4) is 0 Å². The van der Waals surface area contributed by atoms with E-state index >= 15 is 0 Å². The van der Waals surface area contributed by atoms with Gasteiger partial charge >= 0.3 is 0 Å². The zero-order valence-electron chi connectivity index (χ0n) is 23.0. The molecule has 0 unspecified atom stereocenters. The molecule has 0 radical (unpaired) electrons. The second-order valence-corrected chi connectivity index (χ2v) is 11.3. The number of aromatic nitrogens is 5.